The number of hydrogen-bond acceptors (Lipinski definition) is 1. The van der Waals surface area contributed by atoms with E-state index < -0.39 is 17.5 Å². The topological polar surface area (TPSA) is 12.0 Å². The fourth-order valence-corrected chi connectivity index (χ4v) is 1.83. The van der Waals surface area contributed by atoms with Gasteiger partial charge in [0.15, 0.2) is 11.6 Å². The lowest BCUT2D eigenvalue weighted by Crippen LogP contribution is -2.22. The van der Waals surface area contributed by atoms with E-state index in [9.17, 15) is 13.2 Å². The predicted octanol–water partition coefficient (Wildman–Crippen LogP) is 4.73. The van der Waals surface area contributed by atoms with Crippen LogP contribution in [-0.4, -0.2) is 6.04 Å². The zero-order chi connectivity index (χ0) is 13.7. The minimum absolute atomic E-state index is 0.0315. The van der Waals surface area contributed by atoms with Gasteiger partial charge in [0.2, 0.25) is 0 Å². The molecule has 0 spiro atoms. The fourth-order valence-electron chi connectivity index (χ4n) is 1.83. The minimum atomic E-state index is -1.16. The Balaban J connectivity index is 2.78. The first kappa shape index (κ1) is 14.9. The molecule has 1 rings (SSSR count). The van der Waals surface area contributed by atoms with Crippen LogP contribution in [0.3, 0.4) is 0 Å². The molecule has 0 heterocycles. The van der Waals surface area contributed by atoms with Crippen LogP contribution in [0.5, 0.6) is 0 Å². The van der Waals surface area contributed by atoms with Crippen molar-refractivity contribution < 1.29 is 13.2 Å². The maximum Gasteiger partial charge on any atom is 0.161 e. The van der Waals surface area contributed by atoms with Crippen molar-refractivity contribution in [2.24, 2.45) is 5.92 Å². The molecule has 2 unspecified atom stereocenters. The summed E-state index contributed by atoms with van der Waals surface area (Å²) in [5.41, 5.74) is 0.0315. The second-order valence-corrected chi connectivity index (χ2v) is 4.74. The van der Waals surface area contributed by atoms with Crippen LogP contribution in [0.4, 0.5) is 18.9 Å². The maximum atomic E-state index is 13.5. The summed E-state index contributed by atoms with van der Waals surface area (Å²) >= 11 is 0. The van der Waals surface area contributed by atoms with Gasteiger partial charge >= 0.3 is 0 Å². The Kier molecular flexibility index (Phi) is 5.51. The van der Waals surface area contributed by atoms with Crippen molar-refractivity contribution in [3.63, 3.8) is 0 Å². The highest BCUT2D eigenvalue weighted by Crippen LogP contribution is 2.22. The van der Waals surface area contributed by atoms with Crippen LogP contribution in [0.1, 0.15) is 40.0 Å². The number of halogens is 3. The van der Waals surface area contributed by atoms with Crippen molar-refractivity contribution in [1.29, 1.82) is 0 Å². The van der Waals surface area contributed by atoms with Crippen LogP contribution in [0.15, 0.2) is 12.1 Å². The van der Waals surface area contributed by atoms with Crippen molar-refractivity contribution in [2.45, 2.75) is 46.1 Å². The monoisotopic (exact) mass is 259 g/mol. The van der Waals surface area contributed by atoms with Gasteiger partial charge in [0, 0.05) is 18.2 Å². The molecule has 102 valence electrons. The van der Waals surface area contributed by atoms with E-state index in [2.05, 4.69) is 19.2 Å². The molecule has 0 aliphatic carbocycles. The Bertz CT molecular complexity index is 393. The molecule has 0 fully saturated rings. The van der Waals surface area contributed by atoms with E-state index in [1.54, 1.807) is 0 Å². The molecule has 0 saturated carbocycles. The van der Waals surface area contributed by atoms with Gasteiger partial charge in [0.25, 0.3) is 0 Å². The highest BCUT2D eigenvalue weighted by Gasteiger charge is 2.15. The summed E-state index contributed by atoms with van der Waals surface area (Å²) in [5.74, 6) is -2.43. The summed E-state index contributed by atoms with van der Waals surface area (Å²) in [6.07, 6.45) is 2.73. The van der Waals surface area contributed by atoms with Crippen LogP contribution in [0.25, 0.3) is 0 Å². The third-order valence-electron chi connectivity index (χ3n) is 3.25. The Morgan fingerprint density at radius 2 is 1.61 bits per heavy atom. The highest BCUT2D eigenvalue weighted by molar-refractivity contribution is 5.46. The van der Waals surface area contributed by atoms with Gasteiger partial charge in [-0.3, -0.25) is 0 Å². The van der Waals surface area contributed by atoms with Crippen molar-refractivity contribution in [2.75, 3.05) is 5.32 Å². The Morgan fingerprint density at radius 1 is 1.00 bits per heavy atom. The van der Waals surface area contributed by atoms with Crippen LogP contribution < -0.4 is 5.32 Å². The van der Waals surface area contributed by atoms with Crippen LogP contribution in [-0.2, 0) is 0 Å². The molecule has 4 heteroatoms. The number of hydrogen-bond donors (Lipinski definition) is 1. The van der Waals surface area contributed by atoms with E-state index in [0.717, 1.165) is 25.3 Å². The van der Waals surface area contributed by atoms with Crippen molar-refractivity contribution in [3.8, 4) is 0 Å². The molecule has 1 aromatic carbocycles. The lowest BCUT2D eigenvalue weighted by atomic mass is 9.97. The van der Waals surface area contributed by atoms with E-state index in [1.807, 2.05) is 6.92 Å². The van der Waals surface area contributed by atoms with Gasteiger partial charge in [-0.1, -0.05) is 27.2 Å². The van der Waals surface area contributed by atoms with Crippen molar-refractivity contribution in [1.82, 2.24) is 0 Å². The van der Waals surface area contributed by atoms with E-state index in [0.29, 0.717) is 12.0 Å². The summed E-state index contributed by atoms with van der Waals surface area (Å²) < 4.78 is 39.3. The first-order chi connectivity index (χ1) is 8.47. The Hall–Kier alpha value is -1.19. The fraction of sp³-hybridized carbons (Fsp3) is 0.571. The minimum Gasteiger partial charge on any atom is -0.380 e. The van der Waals surface area contributed by atoms with Crippen LogP contribution >= 0.6 is 0 Å². The third kappa shape index (κ3) is 3.93. The molecule has 0 amide bonds. The summed E-state index contributed by atoms with van der Waals surface area (Å²) in [7, 11) is 0. The average Bonchev–Trinajstić information content (AvgIpc) is 2.34. The lowest BCUT2D eigenvalue weighted by Gasteiger charge is -2.21. The molecule has 0 aliphatic rings. The van der Waals surface area contributed by atoms with Crippen LogP contribution in [0, 0.1) is 23.4 Å². The zero-order valence-corrected chi connectivity index (χ0v) is 11.1. The first-order valence-electron chi connectivity index (χ1n) is 6.38. The number of nitrogens with one attached hydrogen (secondary N) is 1. The average molecular weight is 259 g/mol. The van der Waals surface area contributed by atoms with Gasteiger partial charge in [-0.2, -0.15) is 0 Å². The van der Waals surface area contributed by atoms with Gasteiger partial charge in [-0.15, -0.1) is 0 Å². The maximum absolute atomic E-state index is 13.5. The zero-order valence-electron chi connectivity index (χ0n) is 11.1. The Labute approximate surface area is 106 Å². The molecule has 1 N–H and O–H groups in total. The SMILES string of the molecule is CCC(C)CC(CC)Nc1cc(F)c(F)cc1F. The van der Waals surface area contributed by atoms with Gasteiger partial charge < -0.3 is 5.32 Å². The molecule has 0 saturated heterocycles. The molecule has 0 aromatic heterocycles. The summed E-state index contributed by atoms with van der Waals surface area (Å²) in [5, 5.41) is 2.95. The first-order valence-corrected chi connectivity index (χ1v) is 6.38. The Morgan fingerprint density at radius 3 is 2.17 bits per heavy atom. The molecule has 1 nitrogen and oxygen atoms in total. The van der Waals surface area contributed by atoms with Crippen molar-refractivity contribution >= 4 is 5.69 Å². The standard InChI is InChI=1S/C14H20F3N/c1-4-9(3)6-10(5-2)18-14-8-12(16)11(15)7-13(14)17/h7-10,18H,4-6H2,1-3H3. The highest BCUT2D eigenvalue weighted by atomic mass is 19.2. The quantitative estimate of drug-likeness (QED) is 0.728. The summed E-state index contributed by atoms with van der Waals surface area (Å²) in [6.45, 7) is 6.19. The molecular weight excluding hydrogens is 239 g/mol. The van der Waals surface area contributed by atoms with E-state index in [-0.39, 0.29) is 11.7 Å². The molecule has 18 heavy (non-hydrogen) atoms. The number of rotatable bonds is 6. The molecular formula is C14H20F3N. The normalized spacial score (nSPS) is 14.3. The van der Waals surface area contributed by atoms with Gasteiger partial charge in [-0.05, 0) is 18.8 Å². The molecule has 0 radical (unpaired) electrons. The largest absolute Gasteiger partial charge is 0.380 e. The predicted molar refractivity (Wildman–Crippen MR) is 68.1 cm³/mol. The summed E-state index contributed by atoms with van der Waals surface area (Å²) in [6, 6.07) is 1.52. The van der Waals surface area contributed by atoms with Crippen LogP contribution in [0.2, 0.25) is 0 Å². The molecule has 0 aliphatic heterocycles. The smallest absolute Gasteiger partial charge is 0.161 e. The third-order valence-corrected chi connectivity index (χ3v) is 3.25. The van der Waals surface area contributed by atoms with E-state index in [1.165, 1.54) is 0 Å². The van der Waals surface area contributed by atoms with Crippen molar-refractivity contribution in [3.05, 3.63) is 29.6 Å². The van der Waals surface area contributed by atoms with Gasteiger partial charge in [-0.25, -0.2) is 13.2 Å². The second kappa shape index (κ2) is 6.66. The number of benzene rings is 1. The molecule has 2 atom stereocenters. The van der Waals surface area contributed by atoms with E-state index >= 15 is 0 Å². The molecule has 1 aromatic rings. The molecule has 0 bridgehead atoms. The van der Waals surface area contributed by atoms with E-state index in [4.69, 9.17) is 0 Å². The number of anilines is 1. The lowest BCUT2D eigenvalue weighted by molar-refractivity contribution is 0.458. The van der Waals surface area contributed by atoms with Gasteiger partial charge in [0.1, 0.15) is 5.82 Å². The van der Waals surface area contributed by atoms with Gasteiger partial charge in [0.05, 0.1) is 5.69 Å². The summed E-state index contributed by atoms with van der Waals surface area (Å²) in [4.78, 5) is 0. The second-order valence-electron chi connectivity index (χ2n) is 4.74.